The SMILES string of the molecule is O=C(O)CC1CCN(C(=O)C2CCCCN2)C1. The van der Waals surface area contributed by atoms with Crippen molar-refractivity contribution in [3.05, 3.63) is 0 Å². The number of amides is 1. The van der Waals surface area contributed by atoms with Crippen LogP contribution < -0.4 is 5.32 Å². The van der Waals surface area contributed by atoms with Crippen LogP contribution in [0.3, 0.4) is 0 Å². The molecule has 2 unspecified atom stereocenters. The van der Waals surface area contributed by atoms with Crippen LogP contribution in [0.2, 0.25) is 0 Å². The minimum atomic E-state index is -0.764. The number of carbonyl (C=O) groups excluding carboxylic acids is 1. The van der Waals surface area contributed by atoms with Crippen molar-refractivity contribution in [1.82, 2.24) is 10.2 Å². The molecule has 2 N–H and O–H groups in total. The molecule has 2 rings (SSSR count). The quantitative estimate of drug-likeness (QED) is 0.751. The number of carboxylic acids is 1. The molecule has 0 aromatic heterocycles. The van der Waals surface area contributed by atoms with E-state index >= 15 is 0 Å². The Morgan fingerprint density at radius 2 is 2.12 bits per heavy atom. The van der Waals surface area contributed by atoms with E-state index in [9.17, 15) is 9.59 Å². The molecule has 0 saturated carbocycles. The van der Waals surface area contributed by atoms with Crippen molar-refractivity contribution in [2.24, 2.45) is 5.92 Å². The molecule has 2 heterocycles. The Hall–Kier alpha value is -1.10. The topological polar surface area (TPSA) is 69.6 Å². The summed E-state index contributed by atoms with van der Waals surface area (Å²) in [6.07, 6.45) is 4.17. The van der Waals surface area contributed by atoms with Gasteiger partial charge in [0.1, 0.15) is 0 Å². The van der Waals surface area contributed by atoms with E-state index in [2.05, 4.69) is 5.32 Å². The van der Waals surface area contributed by atoms with E-state index in [0.717, 1.165) is 38.8 Å². The molecule has 5 nitrogen and oxygen atoms in total. The second-order valence-corrected chi connectivity index (χ2v) is 5.04. The van der Waals surface area contributed by atoms with Gasteiger partial charge in [-0.1, -0.05) is 6.42 Å². The van der Waals surface area contributed by atoms with Crippen molar-refractivity contribution >= 4 is 11.9 Å². The minimum absolute atomic E-state index is 0.0349. The molecule has 1 amide bonds. The van der Waals surface area contributed by atoms with Crippen molar-refractivity contribution in [3.8, 4) is 0 Å². The molecule has 0 aromatic carbocycles. The van der Waals surface area contributed by atoms with Gasteiger partial charge in [-0.25, -0.2) is 0 Å². The molecule has 2 aliphatic rings. The summed E-state index contributed by atoms with van der Waals surface area (Å²) in [5.74, 6) is -0.460. The maximum Gasteiger partial charge on any atom is 0.303 e. The van der Waals surface area contributed by atoms with Crippen LogP contribution in [0.4, 0.5) is 0 Å². The fraction of sp³-hybridized carbons (Fsp3) is 0.833. The van der Waals surface area contributed by atoms with Gasteiger partial charge in [-0.15, -0.1) is 0 Å². The van der Waals surface area contributed by atoms with E-state index in [1.165, 1.54) is 0 Å². The molecule has 5 heteroatoms. The average molecular weight is 240 g/mol. The van der Waals surface area contributed by atoms with Crippen molar-refractivity contribution < 1.29 is 14.7 Å². The largest absolute Gasteiger partial charge is 0.481 e. The molecule has 0 aromatic rings. The zero-order valence-electron chi connectivity index (χ0n) is 10.0. The standard InChI is InChI=1S/C12H20N2O3/c15-11(16)7-9-4-6-14(8-9)12(17)10-3-1-2-5-13-10/h9-10,13H,1-8H2,(H,15,16). The fourth-order valence-corrected chi connectivity index (χ4v) is 2.73. The molecule has 2 aliphatic heterocycles. The van der Waals surface area contributed by atoms with E-state index < -0.39 is 5.97 Å². The van der Waals surface area contributed by atoms with E-state index in [1.807, 2.05) is 4.90 Å². The van der Waals surface area contributed by atoms with Crippen LogP contribution in [-0.2, 0) is 9.59 Å². The Morgan fingerprint density at radius 1 is 1.29 bits per heavy atom. The van der Waals surface area contributed by atoms with Crippen molar-refractivity contribution in [2.75, 3.05) is 19.6 Å². The highest BCUT2D eigenvalue weighted by Gasteiger charge is 2.32. The molecule has 17 heavy (non-hydrogen) atoms. The molecule has 0 aliphatic carbocycles. The molecule has 2 atom stereocenters. The molecule has 2 fully saturated rings. The molecule has 0 bridgehead atoms. The van der Waals surface area contributed by atoms with Gasteiger partial charge in [-0.3, -0.25) is 9.59 Å². The van der Waals surface area contributed by atoms with E-state index in [0.29, 0.717) is 6.54 Å². The normalized spacial score (nSPS) is 29.3. The highest BCUT2D eigenvalue weighted by molar-refractivity contribution is 5.82. The summed E-state index contributed by atoms with van der Waals surface area (Å²) in [6, 6.07) is -0.0349. The maximum absolute atomic E-state index is 12.1. The second-order valence-electron chi connectivity index (χ2n) is 5.04. The average Bonchev–Trinajstić information content (AvgIpc) is 2.77. The number of rotatable bonds is 3. The zero-order valence-corrected chi connectivity index (χ0v) is 10.0. The molecule has 2 saturated heterocycles. The number of nitrogens with one attached hydrogen (secondary N) is 1. The third kappa shape index (κ3) is 3.19. The summed E-state index contributed by atoms with van der Waals surface area (Å²) in [5, 5.41) is 12.0. The molecular weight excluding hydrogens is 220 g/mol. The predicted molar refractivity (Wildman–Crippen MR) is 62.6 cm³/mol. The Balaban J connectivity index is 1.82. The Morgan fingerprint density at radius 3 is 2.76 bits per heavy atom. The summed E-state index contributed by atoms with van der Waals surface area (Å²) in [4.78, 5) is 24.6. The van der Waals surface area contributed by atoms with Crippen LogP contribution >= 0.6 is 0 Å². The molecule has 0 radical (unpaired) electrons. The Labute approximate surface area is 101 Å². The lowest BCUT2D eigenvalue weighted by atomic mass is 10.0. The highest BCUT2D eigenvalue weighted by atomic mass is 16.4. The first kappa shape index (κ1) is 12.4. The van der Waals surface area contributed by atoms with Gasteiger partial charge >= 0.3 is 5.97 Å². The van der Waals surface area contributed by atoms with Crippen LogP contribution in [0, 0.1) is 5.92 Å². The number of nitrogens with zero attached hydrogens (tertiary/aromatic N) is 1. The predicted octanol–water partition coefficient (Wildman–Crippen LogP) is 0.452. The molecular formula is C12H20N2O3. The van der Waals surface area contributed by atoms with Gasteiger partial charge in [0.25, 0.3) is 0 Å². The first-order valence-electron chi connectivity index (χ1n) is 6.41. The summed E-state index contributed by atoms with van der Waals surface area (Å²) < 4.78 is 0. The lowest BCUT2D eigenvalue weighted by Crippen LogP contribution is -2.47. The third-order valence-electron chi connectivity index (χ3n) is 3.67. The van der Waals surface area contributed by atoms with Crippen molar-refractivity contribution in [3.63, 3.8) is 0 Å². The Bertz CT molecular complexity index is 300. The van der Waals surface area contributed by atoms with Gasteiger partial charge in [0, 0.05) is 19.5 Å². The number of piperidine rings is 1. The smallest absolute Gasteiger partial charge is 0.303 e. The minimum Gasteiger partial charge on any atom is -0.481 e. The first-order valence-corrected chi connectivity index (χ1v) is 6.41. The number of hydrogen-bond donors (Lipinski definition) is 2. The summed E-state index contributed by atoms with van der Waals surface area (Å²) in [5.41, 5.74) is 0. The van der Waals surface area contributed by atoms with Crippen LogP contribution in [0.15, 0.2) is 0 Å². The summed E-state index contributed by atoms with van der Waals surface area (Å²) in [7, 11) is 0. The lowest BCUT2D eigenvalue weighted by Gasteiger charge is -2.27. The monoisotopic (exact) mass is 240 g/mol. The number of carboxylic acid groups (broad SMARTS) is 1. The summed E-state index contributed by atoms with van der Waals surface area (Å²) >= 11 is 0. The van der Waals surface area contributed by atoms with Crippen LogP contribution in [0.5, 0.6) is 0 Å². The maximum atomic E-state index is 12.1. The van der Waals surface area contributed by atoms with Gasteiger partial charge in [-0.05, 0) is 31.7 Å². The van der Waals surface area contributed by atoms with Crippen molar-refractivity contribution in [1.29, 1.82) is 0 Å². The van der Waals surface area contributed by atoms with E-state index in [4.69, 9.17) is 5.11 Å². The molecule has 0 spiro atoms. The van der Waals surface area contributed by atoms with Crippen LogP contribution in [0.25, 0.3) is 0 Å². The number of likely N-dealkylation sites (tertiary alicyclic amines) is 1. The van der Waals surface area contributed by atoms with Gasteiger partial charge in [-0.2, -0.15) is 0 Å². The van der Waals surface area contributed by atoms with Gasteiger partial charge in [0.15, 0.2) is 0 Å². The van der Waals surface area contributed by atoms with Gasteiger partial charge in [0.2, 0.25) is 5.91 Å². The Kier molecular flexibility index (Phi) is 3.99. The third-order valence-corrected chi connectivity index (χ3v) is 3.67. The van der Waals surface area contributed by atoms with Crippen LogP contribution in [0.1, 0.15) is 32.1 Å². The fourth-order valence-electron chi connectivity index (χ4n) is 2.73. The number of hydrogen-bond acceptors (Lipinski definition) is 3. The lowest BCUT2D eigenvalue weighted by molar-refractivity contribution is -0.138. The zero-order chi connectivity index (χ0) is 12.3. The number of carbonyl (C=O) groups is 2. The van der Waals surface area contributed by atoms with Crippen molar-refractivity contribution in [2.45, 2.75) is 38.1 Å². The first-order chi connectivity index (χ1) is 8.16. The highest BCUT2D eigenvalue weighted by Crippen LogP contribution is 2.21. The molecule has 96 valence electrons. The van der Waals surface area contributed by atoms with E-state index in [1.54, 1.807) is 0 Å². The second kappa shape index (κ2) is 5.49. The van der Waals surface area contributed by atoms with Crippen LogP contribution in [-0.4, -0.2) is 47.6 Å². The van der Waals surface area contributed by atoms with Gasteiger partial charge < -0.3 is 15.3 Å². The number of aliphatic carboxylic acids is 1. The van der Waals surface area contributed by atoms with E-state index in [-0.39, 0.29) is 24.3 Å². The summed E-state index contributed by atoms with van der Waals surface area (Å²) in [6.45, 7) is 2.25. The van der Waals surface area contributed by atoms with Gasteiger partial charge in [0.05, 0.1) is 6.04 Å².